The standard InChI is InChI=1S/C21H27N3/c1-18(2)21-10-8-19(9-11-21)16-22-24-14-12-23(13-15-24)17-20-6-4-3-5-7-20/h3-11,16,18H,12-15,17H2,1-2H3/p+1. The summed E-state index contributed by atoms with van der Waals surface area (Å²) in [6, 6.07) is 19.5. The van der Waals surface area contributed by atoms with Gasteiger partial charge in [0.05, 0.1) is 32.4 Å². The van der Waals surface area contributed by atoms with E-state index in [4.69, 9.17) is 0 Å². The molecule has 1 aliphatic heterocycles. The molecule has 1 saturated heterocycles. The monoisotopic (exact) mass is 322 g/mol. The molecule has 1 N–H and O–H groups in total. The van der Waals surface area contributed by atoms with Crippen LogP contribution in [0.5, 0.6) is 0 Å². The summed E-state index contributed by atoms with van der Waals surface area (Å²) in [6.45, 7) is 9.93. The van der Waals surface area contributed by atoms with Gasteiger partial charge in [0.1, 0.15) is 6.54 Å². The van der Waals surface area contributed by atoms with E-state index in [0.29, 0.717) is 5.92 Å². The summed E-state index contributed by atoms with van der Waals surface area (Å²) in [6.07, 6.45) is 1.99. The van der Waals surface area contributed by atoms with E-state index < -0.39 is 0 Å². The second-order valence-electron chi connectivity index (χ2n) is 6.93. The molecule has 0 aliphatic carbocycles. The highest BCUT2D eigenvalue weighted by Crippen LogP contribution is 2.13. The van der Waals surface area contributed by atoms with Gasteiger partial charge >= 0.3 is 0 Å². The first kappa shape index (κ1) is 16.7. The van der Waals surface area contributed by atoms with Crippen molar-refractivity contribution in [3.05, 3.63) is 71.3 Å². The molecule has 0 saturated carbocycles. The third-order valence-electron chi connectivity index (χ3n) is 4.72. The van der Waals surface area contributed by atoms with E-state index in [9.17, 15) is 0 Å². The molecule has 1 aliphatic rings. The third kappa shape index (κ3) is 4.68. The fourth-order valence-electron chi connectivity index (χ4n) is 3.10. The van der Waals surface area contributed by atoms with Crippen molar-refractivity contribution in [3.63, 3.8) is 0 Å². The molecule has 0 amide bonds. The number of nitrogens with zero attached hydrogens (tertiary/aromatic N) is 2. The van der Waals surface area contributed by atoms with Crippen LogP contribution in [0.3, 0.4) is 0 Å². The Bertz CT molecular complexity index is 639. The summed E-state index contributed by atoms with van der Waals surface area (Å²) in [5, 5.41) is 6.86. The lowest BCUT2D eigenvalue weighted by atomic mass is 10.0. The zero-order chi connectivity index (χ0) is 16.8. The maximum atomic E-state index is 4.66. The van der Waals surface area contributed by atoms with Crippen LogP contribution in [0.4, 0.5) is 0 Å². The first-order chi connectivity index (χ1) is 11.7. The number of hydrogen-bond donors (Lipinski definition) is 1. The maximum Gasteiger partial charge on any atom is 0.103 e. The smallest absolute Gasteiger partial charge is 0.103 e. The number of nitrogens with one attached hydrogen (secondary N) is 1. The number of benzene rings is 2. The Labute approximate surface area is 145 Å². The van der Waals surface area contributed by atoms with Crippen LogP contribution >= 0.6 is 0 Å². The Balaban J connectivity index is 1.48. The van der Waals surface area contributed by atoms with Crippen LogP contribution in [-0.4, -0.2) is 37.4 Å². The summed E-state index contributed by atoms with van der Waals surface area (Å²) in [4.78, 5) is 1.65. The normalized spacial score (nSPS) is 16.2. The van der Waals surface area contributed by atoms with Gasteiger partial charge in [-0.3, -0.25) is 5.01 Å². The molecule has 0 spiro atoms. The lowest BCUT2D eigenvalue weighted by molar-refractivity contribution is -0.918. The zero-order valence-electron chi connectivity index (χ0n) is 14.8. The summed E-state index contributed by atoms with van der Waals surface area (Å²) in [5.41, 5.74) is 3.98. The second-order valence-corrected chi connectivity index (χ2v) is 6.93. The molecule has 3 heteroatoms. The highest BCUT2D eigenvalue weighted by molar-refractivity contribution is 5.79. The fraction of sp³-hybridized carbons (Fsp3) is 0.381. The van der Waals surface area contributed by atoms with Crippen LogP contribution in [0.25, 0.3) is 0 Å². The Morgan fingerprint density at radius 3 is 2.29 bits per heavy atom. The molecule has 24 heavy (non-hydrogen) atoms. The minimum Gasteiger partial charge on any atom is -0.328 e. The predicted molar refractivity (Wildman–Crippen MR) is 101 cm³/mol. The highest BCUT2D eigenvalue weighted by atomic mass is 15.5. The molecule has 1 fully saturated rings. The first-order valence-corrected chi connectivity index (χ1v) is 8.97. The van der Waals surface area contributed by atoms with Gasteiger partial charge in [-0.2, -0.15) is 5.10 Å². The van der Waals surface area contributed by atoms with Gasteiger partial charge < -0.3 is 4.90 Å². The number of rotatable bonds is 5. The van der Waals surface area contributed by atoms with Gasteiger partial charge in [0, 0.05) is 5.56 Å². The number of hydrazone groups is 1. The third-order valence-corrected chi connectivity index (χ3v) is 4.72. The van der Waals surface area contributed by atoms with E-state index in [1.165, 1.54) is 16.7 Å². The lowest BCUT2D eigenvalue weighted by Crippen LogP contribution is -3.13. The SMILES string of the molecule is CC(C)c1ccc(C=NN2CC[NH+](Cc3ccccc3)CC2)cc1. The number of quaternary nitrogens is 1. The van der Waals surface area contributed by atoms with Gasteiger partial charge in [0.25, 0.3) is 0 Å². The van der Waals surface area contributed by atoms with Gasteiger partial charge in [0.2, 0.25) is 0 Å². The van der Waals surface area contributed by atoms with Crippen molar-refractivity contribution in [2.24, 2.45) is 5.10 Å². The molecule has 0 atom stereocenters. The van der Waals surface area contributed by atoms with Crippen molar-refractivity contribution in [2.45, 2.75) is 26.3 Å². The van der Waals surface area contributed by atoms with Gasteiger partial charge in [-0.15, -0.1) is 0 Å². The summed E-state index contributed by atoms with van der Waals surface area (Å²) < 4.78 is 0. The molecular weight excluding hydrogens is 294 g/mol. The van der Waals surface area contributed by atoms with E-state index in [0.717, 1.165) is 32.7 Å². The number of hydrogen-bond acceptors (Lipinski definition) is 2. The van der Waals surface area contributed by atoms with Gasteiger partial charge in [-0.1, -0.05) is 68.4 Å². The van der Waals surface area contributed by atoms with E-state index in [1.807, 2.05) is 6.21 Å². The molecule has 2 aromatic rings. The molecule has 0 radical (unpaired) electrons. The molecular formula is C21H28N3+. The summed E-state index contributed by atoms with van der Waals surface area (Å²) >= 11 is 0. The first-order valence-electron chi connectivity index (χ1n) is 8.97. The van der Waals surface area contributed by atoms with Crippen LogP contribution in [0.15, 0.2) is 59.7 Å². The molecule has 0 bridgehead atoms. The predicted octanol–water partition coefficient (Wildman–Crippen LogP) is 2.54. The van der Waals surface area contributed by atoms with Crippen LogP contribution in [-0.2, 0) is 6.54 Å². The zero-order valence-corrected chi connectivity index (χ0v) is 14.8. The van der Waals surface area contributed by atoms with Gasteiger partial charge in [-0.25, -0.2) is 0 Å². The van der Waals surface area contributed by atoms with Crippen molar-refractivity contribution in [2.75, 3.05) is 26.2 Å². The lowest BCUT2D eigenvalue weighted by Gasteiger charge is -2.30. The van der Waals surface area contributed by atoms with E-state index in [-0.39, 0.29) is 0 Å². The fourth-order valence-corrected chi connectivity index (χ4v) is 3.10. The Hall–Kier alpha value is -2.13. The van der Waals surface area contributed by atoms with Crippen LogP contribution in [0, 0.1) is 0 Å². The van der Waals surface area contributed by atoms with Gasteiger partial charge in [0.15, 0.2) is 0 Å². The van der Waals surface area contributed by atoms with Crippen LogP contribution < -0.4 is 4.90 Å². The van der Waals surface area contributed by atoms with Crippen molar-refractivity contribution >= 4 is 6.21 Å². The van der Waals surface area contributed by atoms with Crippen molar-refractivity contribution in [1.29, 1.82) is 0 Å². The summed E-state index contributed by atoms with van der Waals surface area (Å²) in [7, 11) is 0. The van der Waals surface area contributed by atoms with Crippen molar-refractivity contribution < 1.29 is 4.90 Å². The molecule has 3 rings (SSSR count). The van der Waals surface area contributed by atoms with E-state index in [1.54, 1.807) is 4.90 Å². The topological polar surface area (TPSA) is 20.0 Å². The van der Waals surface area contributed by atoms with E-state index >= 15 is 0 Å². The molecule has 2 aromatic carbocycles. The highest BCUT2D eigenvalue weighted by Gasteiger charge is 2.18. The second kappa shape index (κ2) is 8.11. The summed E-state index contributed by atoms with van der Waals surface area (Å²) in [5.74, 6) is 0.580. The average molecular weight is 322 g/mol. The molecule has 1 heterocycles. The Morgan fingerprint density at radius 2 is 1.67 bits per heavy atom. The van der Waals surface area contributed by atoms with Crippen molar-refractivity contribution in [3.8, 4) is 0 Å². The Kier molecular flexibility index (Phi) is 5.65. The quantitative estimate of drug-likeness (QED) is 0.839. The van der Waals surface area contributed by atoms with Crippen LogP contribution in [0.2, 0.25) is 0 Å². The van der Waals surface area contributed by atoms with Crippen molar-refractivity contribution in [1.82, 2.24) is 5.01 Å². The molecule has 3 nitrogen and oxygen atoms in total. The number of piperazine rings is 1. The van der Waals surface area contributed by atoms with Crippen LogP contribution in [0.1, 0.15) is 36.5 Å². The Morgan fingerprint density at radius 1 is 1.00 bits per heavy atom. The minimum absolute atomic E-state index is 0.580. The largest absolute Gasteiger partial charge is 0.328 e. The molecule has 0 unspecified atom stereocenters. The van der Waals surface area contributed by atoms with E-state index in [2.05, 4.69) is 78.6 Å². The molecule has 126 valence electrons. The average Bonchev–Trinajstić information content (AvgIpc) is 2.62. The van der Waals surface area contributed by atoms with Gasteiger partial charge in [-0.05, 0) is 17.0 Å². The maximum absolute atomic E-state index is 4.66. The minimum atomic E-state index is 0.580. The molecule has 0 aromatic heterocycles.